The predicted octanol–water partition coefficient (Wildman–Crippen LogP) is 1.75. The van der Waals surface area contributed by atoms with E-state index in [-0.39, 0.29) is 0 Å². The summed E-state index contributed by atoms with van der Waals surface area (Å²) < 4.78 is 1.15. The van der Waals surface area contributed by atoms with Gasteiger partial charge in [0.05, 0.1) is 6.04 Å². The van der Waals surface area contributed by atoms with Crippen molar-refractivity contribution >= 4 is 22.1 Å². The summed E-state index contributed by atoms with van der Waals surface area (Å²) >= 11 is 3.44. The molecule has 0 saturated heterocycles. The van der Waals surface area contributed by atoms with Gasteiger partial charge in [0.15, 0.2) is 0 Å². The topological polar surface area (TPSA) is 15.6 Å². The van der Waals surface area contributed by atoms with Gasteiger partial charge in [0.1, 0.15) is 0 Å². The molecule has 2 nitrogen and oxygen atoms in total. The minimum Gasteiger partial charge on any atom is -0.293 e. The Morgan fingerprint density at radius 3 is 3.27 bits per heavy atom. The van der Waals surface area contributed by atoms with Crippen molar-refractivity contribution in [2.45, 2.75) is 6.04 Å². The lowest BCUT2D eigenvalue weighted by Gasteiger charge is -2.21. The Labute approximate surface area is 74.4 Å². The summed E-state index contributed by atoms with van der Waals surface area (Å²) in [7, 11) is 2.00. The van der Waals surface area contributed by atoms with E-state index in [0.717, 1.165) is 4.48 Å². The van der Waals surface area contributed by atoms with Crippen LogP contribution in [0.1, 0.15) is 0 Å². The van der Waals surface area contributed by atoms with Crippen molar-refractivity contribution in [3.05, 3.63) is 22.7 Å². The first-order valence-electron chi connectivity index (χ1n) is 3.60. The molecular weight excluding hydrogens is 204 g/mol. The molecule has 2 rings (SSSR count). The van der Waals surface area contributed by atoms with Crippen LogP contribution < -0.4 is 0 Å². The van der Waals surface area contributed by atoms with Crippen molar-refractivity contribution in [1.82, 2.24) is 5.01 Å². The van der Waals surface area contributed by atoms with Crippen LogP contribution in [0.3, 0.4) is 0 Å². The summed E-state index contributed by atoms with van der Waals surface area (Å²) in [5.41, 5.74) is 0. The third kappa shape index (κ3) is 1.13. The number of nitrogens with zero attached hydrogens (tertiary/aromatic N) is 2. The van der Waals surface area contributed by atoms with E-state index in [0.29, 0.717) is 12.0 Å². The maximum absolute atomic E-state index is 4.21. The largest absolute Gasteiger partial charge is 0.293 e. The normalized spacial score (nSPS) is 34.0. The van der Waals surface area contributed by atoms with E-state index in [2.05, 4.69) is 39.3 Å². The Morgan fingerprint density at radius 1 is 1.64 bits per heavy atom. The van der Waals surface area contributed by atoms with Crippen molar-refractivity contribution < 1.29 is 0 Å². The fourth-order valence-electron chi connectivity index (χ4n) is 1.42. The number of likely N-dealkylation sites (N-methyl/N-ethyl adjacent to an activating group) is 1. The number of hydrogen-bond donors (Lipinski definition) is 0. The van der Waals surface area contributed by atoms with E-state index in [9.17, 15) is 0 Å². The Hall–Kier alpha value is -0.570. The fourth-order valence-corrected chi connectivity index (χ4v) is 1.88. The van der Waals surface area contributed by atoms with Gasteiger partial charge in [0.2, 0.25) is 0 Å². The van der Waals surface area contributed by atoms with Crippen LogP contribution in [0, 0.1) is 5.92 Å². The molecule has 2 unspecified atom stereocenters. The molecule has 1 aliphatic carbocycles. The van der Waals surface area contributed by atoms with E-state index in [1.54, 1.807) is 0 Å². The smallest absolute Gasteiger partial charge is 0.0764 e. The van der Waals surface area contributed by atoms with Crippen LogP contribution >= 0.6 is 15.9 Å². The molecular formula is C8H9BrN2. The summed E-state index contributed by atoms with van der Waals surface area (Å²) in [6.07, 6.45) is 8.40. The van der Waals surface area contributed by atoms with E-state index in [4.69, 9.17) is 0 Å². The van der Waals surface area contributed by atoms with Crippen molar-refractivity contribution in [1.29, 1.82) is 0 Å². The predicted molar refractivity (Wildman–Crippen MR) is 49.7 cm³/mol. The molecule has 11 heavy (non-hydrogen) atoms. The average molecular weight is 213 g/mol. The van der Waals surface area contributed by atoms with E-state index >= 15 is 0 Å². The van der Waals surface area contributed by atoms with Gasteiger partial charge in [0, 0.05) is 23.7 Å². The molecule has 58 valence electrons. The quantitative estimate of drug-likeness (QED) is 0.598. The summed E-state index contributed by atoms with van der Waals surface area (Å²) in [6.45, 7) is 0. The maximum Gasteiger partial charge on any atom is 0.0764 e. The van der Waals surface area contributed by atoms with Crippen molar-refractivity contribution in [3.8, 4) is 0 Å². The van der Waals surface area contributed by atoms with Gasteiger partial charge in [0.25, 0.3) is 0 Å². The summed E-state index contributed by atoms with van der Waals surface area (Å²) in [5.74, 6) is 0.458. The number of hydrazone groups is 1. The molecule has 0 bridgehead atoms. The molecule has 0 aromatic heterocycles. The van der Waals surface area contributed by atoms with Crippen LogP contribution in [0.2, 0.25) is 0 Å². The van der Waals surface area contributed by atoms with Gasteiger partial charge in [-0.3, -0.25) is 5.01 Å². The zero-order valence-electron chi connectivity index (χ0n) is 6.24. The molecule has 0 saturated carbocycles. The highest BCUT2D eigenvalue weighted by molar-refractivity contribution is 9.11. The first-order chi connectivity index (χ1) is 5.27. The van der Waals surface area contributed by atoms with E-state index < -0.39 is 0 Å². The first-order valence-corrected chi connectivity index (χ1v) is 4.39. The minimum absolute atomic E-state index is 0.441. The lowest BCUT2D eigenvalue weighted by molar-refractivity contribution is 0.307. The number of allylic oxidation sites excluding steroid dienone is 2. The second-order valence-electron chi connectivity index (χ2n) is 2.82. The lowest BCUT2D eigenvalue weighted by Crippen LogP contribution is -2.27. The molecule has 1 heterocycles. The molecule has 0 N–H and O–H groups in total. The number of rotatable bonds is 0. The average Bonchev–Trinajstić information content (AvgIpc) is 2.32. The van der Waals surface area contributed by atoms with Crippen molar-refractivity contribution in [3.63, 3.8) is 0 Å². The minimum atomic E-state index is 0.441. The highest BCUT2D eigenvalue weighted by Crippen LogP contribution is 2.26. The Balaban J connectivity index is 2.26. The molecule has 0 aromatic carbocycles. The van der Waals surface area contributed by atoms with Crippen molar-refractivity contribution in [2.75, 3.05) is 7.05 Å². The molecule has 0 aromatic rings. The third-order valence-electron chi connectivity index (χ3n) is 2.05. The van der Waals surface area contributed by atoms with Gasteiger partial charge in [-0.25, -0.2) is 0 Å². The molecule has 1 aliphatic heterocycles. The highest BCUT2D eigenvalue weighted by atomic mass is 79.9. The molecule has 0 amide bonds. The van der Waals surface area contributed by atoms with Crippen LogP contribution in [0.4, 0.5) is 0 Å². The van der Waals surface area contributed by atoms with Gasteiger partial charge in [-0.15, -0.1) is 0 Å². The SMILES string of the molecule is CN1N=CC2C=C(Br)C=CC21. The van der Waals surface area contributed by atoms with E-state index in [1.165, 1.54) is 0 Å². The lowest BCUT2D eigenvalue weighted by atomic mass is 9.97. The van der Waals surface area contributed by atoms with Crippen LogP contribution in [0.25, 0.3) is 0 Å². The summed E-state index contributed by atoms with van der Waals surface area (Å²) in [6, 6.07) is 0.441. The highest BCUT2D eigenvalue weighted by Gasteiger charge is 2.26. The van der Waals surface area contributed by atoms with Crippen LogP contribution in [0.5, 0.6) is 0 Å². The van der Waals surface area contributed by atoms with Gasteiger partial charge < -0.3 is 0 Å². The Morgan fingerprint density at radius 2 is 2.45 bits per heavy atom. The number of halogens is 1. The van der Waals surface area contributed by atoms with Gasteiger partial charge >= 0.3 is 0 Å². The monoisotopic (exact) mass is 212 g/mol. The van der Waals surface area contributed by atoms with Gasteiger partial charge in [-0.05, 0) is 0 Å². The molecule has 0 fully saturated rings. The zero-order chi connectivity index (χ0) is 7.84. The Bertz CT molecular complexity index is 255. The fraction of sp³-hybridized carbons (Fsp3) is 0.375. The number of fused-ring (bicyclic) bond motifs is 1. The Kier molecular flexibility index (Phi) is 1.60. The van der Waals surface area contributed by atoms with Crippen LogP contribution in [-0.4, -0.2) is 24.3 Å². The molecule has 3 heteroatoms. The second kappa shape index (κ2) is 2.48. The summed E-state index contributed by atoms with van der Waals surface area (Å²) in [4.78, 5) is 0. The van der Waals surface area contributed by atoms with Gasteiger partial charge in [-0.1, -0.05) is 34.2 Å². The van der Waals surface area contributed by atoms with Crippen LogP contribution in [-0.2, 0) is 0 Å². The molecule has 0 spiro atoms. The zero-order valence-corrected chi connectivity index (χ0v) is 7.82. The van der Waals surface area contributed by atoms with Gasteiger partial charge in [-0.2, -0.15) is 5.10 Å². The molecule has 2 aliphatic rings. The first kappa shape index (κ1) is 7.10. The van der Waals surface area contributed by atoms with Crippen LogP contribution in [0.15, 0.2) is 27.8 Å². The standard InChI is InChI=1S/C8H9BrN2/c1-11-8-3-2-7(9)4-6(8)5-10-11/h2-6,8H,1H3. The summed E-state index contributed by atoms with van der Waals surface area (Å²) in [5, 5.41) is 6.19. The van der Waals surface area contributed by atoms with Crippen molar-refractivity contribution in [2.24, 2.45) is 11.0 Å². The second-order valence-corrected chi connectivity index (χ2v) is 3.73. The third-order valence-corrected chi connectivity index (χ3v) is 2.58. The number of hydrogen-bond acceptors (Lipinski definition) is 2. The molecule has 0 radical (unpaired) electrons. The molecule has 2 atom stereocenters. The van der Waals surface area contributed by atoms with E-state index in [1.807, 2.05) is 18.3 Å². The maximum atomic E-state index is 4.21.